The summed E-state index contributed by atoms with van der Waals surface area (Å²) < 4.78 is 0. The van der Waals surface area contributed by atoms with E-state index in [9.17, 15) is 0 Å². The van der Waals surface area contributed by atoms with Crippen molar-refractivity contribution in [2.45, 2.75) is 50.6 Å². The molecule has 3 heteroatoms. The second-order valence-electron chi connectivity index (χ2n) is 6.15. The number of benzene rings is 1. The molecule has 100 valence electrons. The Morgan fingerprint density at radius 3 is 2.61 bits per heavy atom. The first kappa shape index (κ1) is 14.2. The van der Waals surface area contributed by atoms with Gasteiger partial charge < -0.3 is 5.32 Å². The molecule has 0 bridgehead atoms. The number of rotatable bonds is 2. The van der Waals surface area contributed by atoms with Gasteiger partial charge in [0.05, 0.1) is 0 Å². The lowest BCUT2D eigenvalue weighted by Crippen LogP contribution is -2.40. The highest BCUT2D eigenvalue weighted by Gasteiger charge is 2.45. The first-order valence-electron chi connectivity index (χ1n) is 6.59. The van der Waals surface area contributed by atoms with Gasteiger partial charge in [-0.15, -0.1) is 12.4 Å². The second-order valence-corrected chi connectivity index (χ2v) is 6.59. The maximum absolute atomic E-state index is 6.11. The molecule has 0 aromatic heterocycles. The van der Waals surface area contributed by atoms with Gasteiger partial charge in [-0.05, 0) is 56.7 Å². The molecule has 2 aliphatic rings. The normalized spacial score (nSPS) is 29.9. The first-order valence-corrected chi connectivity index (χ1v) is 6.97. The highest BCUT2D eigenvalue weighted by molar-refractivity contribution is 6.30. The average molecular weight is 286 g/mol. The largest absolute Gasteiger partial charge is 0.308 e. The van der Waals surface area contributed by atoms with Crippen molar-refractivity contribution in [1.82, 2.24) is 5.32 Å². The van der Waals surface area contributed by atoms with Gasteiger partial charge in [-0.2, -0.15) is 0 Å². The Bertz CT molecular complexity index is 426. The molecule has 1 aliphatic carbocycles. The quantitative estimate of drug-likeness (QED) is 0.850. The molecule has 18 heavy (non-hydrogen) atoms. The minimum atomic E-state index is 0. The molecule has 3 rings (SSSR count). The zero-order valence-corrected chi connectivity index (χ0v) is 12.5. The van der Waals surface area contributed by atoms with Crippen LogP contribution in [0.25, 0.3) is 0 Å². The fraction of sp³-hybridized carbons (Fsp3) is 0.600. The third-order valence-electron chi connectivity index (χ3n) is 4.36. The Labute approximate surface area is 121 Å². The van der Waals surface area contributed by atoms with Gasteiger partial charge in [0.15, 0.2) is 0 Å². The van der Waals surface area contributed by atoms with Crippen LogP contribution in [-0.2, 0) is 0 Å². The summed E-state index contributed by atoms with van der Waals surface area (Å²) in [5.41, 5.74) is 1.58. The molecule has 1 saturated carbocycles. The molecule has 1 aromatic rings. The van der Waals surface area contributed by atoms with Crippen LogP contribution in [0.5, 0.6) is 0 Å². The molecule has 2 unspecified atom stereocenters. The van der Waals surface area contributed by atoms with Gasteiger partial charge in [-0.1, -0.05) is 23.7 Å². The van der Waals surface area contributed by atoms with Crippen LogP contribution in [0.4, 0.5) is 0 Å². The Kier molecular flexibility index (Phi) is 3.96. The molecule has 0 radical (unpaired) electrons. The Balaban J connectivity index is 0.00000120. The summed E-state index contributed by atoms with van der Waals surface area (Å²) in [7, 11) is 0. The van der Waals surface area contributed by atoms with Crippen LogP contribution in [0.1, 0.15) is 44.6 Å². The predicted octanol–water partition coefficient (Wildman–Crippen LogP) is 4.40. The third-order valence-corrected chi connectivity index (χ3v) is 4.60. The van der Waals surface area contributed by atoms with Gasteiger partial charge in [0.25, 0.3) is 0 Å². The van der Waals surface area contributed by atoms with Crippen molar-refractivity contribution in [3.63, 3.8) is 0 Å². The highest BCUT2D eigenvalue weighted by Crippen LogP contribution is 2.46. The van der Waals surface area contributed by atoms with Crippen LogP contribution in [0.15, 0.2) is 24.3 Å². The van der Waals surface area contributed by atoms with E-state index in [1.54, 1.807) is 0 Å². The van der Waals surface area contributed by atoms with E-state index in [1.165, 1.54) is 24.8 Å². The van der Waals surface area contributed by atoms with E-state index in [4.69, 9.17) is 11.6 Å². The summed E-state index contributed by atoms with van der Waals surface area (Å²) >= 11 is 6.11. The lowest BCUT2D eigenvalue weighted by atomic mass is 9.82. The molecule has 1 aromatic carbocycles. The fourth-order valence-corrected chi connectivity index (χ4v) is 3.47. The lowest BCUT2D eigenvalue weighted by molar-refractivity contribution is 0.386. The van der Waals surface area contributed by atoms with Crippen molar-refractivity contribution in [1.29, 1.82) is 0 Å². The van der Waals surface area contributed by atoms with Crippen molar-refractivity contribution >= 4 is 24.0 Å². The van der Waals surface area contributed by atoms with Crippen LogP contribution < -0.4 is 5.32 Å². The van der Waals surface area contributed by atoms with E-state index >= 15 is 0 Å². The van der Waals surface area contributed by atoms with Crippen molar-refractivity contribution in [2.75, 3.05) is 0 Å². The van der Waals surface area contributed by atoms with E-state index in [0.717, 1.165) is 10.9 Å². The van der Waals surface area contributed by atoms with E-state index in [0.29, 0.717) is 12.0 Å². The fourth-order valence-electron chi connectivity index (χ4n) is 3.27. The van der Waals surface area contributed by atoms with E-state index in [-0.39, 0.29) is 17.9 Å². The molecule has 1 saturated heterocycles. The summed E-state index contributed by atoms with van der Waals surface area (Å²) in [5.74, 6) is 1.52. The van der Waals surface area contributed by atoms with Gasteiger partial charge in [0.2, 0.25) is 0 Å². The molecule has 2 fully saturated rings. The molecule has 1 N–H and O–H groups in total. The average Bonchev–Trinajstić information content (AvgIpc) is 3.03. The van der Waals surface area contributed by atoms with Crippen molar-refractivity contribution in [3.8, 4) is 0 Å². The monoisotopic (exact) mass is 285 g/mol. The maximum Gasteiger partial charge on any atom is 0.0408 e. The predicted molar refractivity (Wildman–Crippen MR) is 79.8 cm³/mol. The van der Waals surface area contributed by atoms with Crippen LogP contribution in [0.2, 0.25) is 5.02 Å². The molecule has 0 amide bonds. The number of hydrogen-bond acceptors (Lipinski definition) is 1. The van der Waals surface area contributed by atoms with E-state index in [1.807, 2.05) is 6.07 Å². The Hall–Kier alpha value is -0.240. The molecular formula is C15H21Cl2N. The standard InChI is InChI=1S/C15H20ClN.ClH/c1-15(2)13(9-14(17-15)10-6-7-10)11-4-3-5-12(16)8-11;/h3-5,8,10,13-14,17H,6-7,9H2,1-2H3;1H. The van der Waals surface area contributed by atoms with Crippen molar-refractivity contribution < 1.29 is 0 Å². The first-order chi connectivity index (χ1) is 8.06. The summed E-state index contributed by atoms with van der Waals surface area (Å²) in [6.45, 7) is 4.64. The Morgan fingerprint density at radius 2 is 2.00 bits per heavy atom. The third kappa shape index (κ3) is 2.68. The zero-order valence-electron chi connectivity index (χ0n) is 10.9. The Morgan fingerprint density at radius 1 is 1.28 bits per heavy atom. The molecule has 1 heterocycles. The zero-order chi connectivity index (χ0) is 12.0. The number of halogens is 2. The van der Waals surface area contributed by atoms with Crippen LogP contribution >= 0.6 is 24.0 Å². The van der Waals surface area contributed by atoms with Crippen LogP contribution in [0, 0.1) is 5.92 Å². The second kappa shape index (κ2) is 5.03. The van der Waals surface area contributed by atoms with Crippen LogP contribution in [0.3, 0.4) is 0 Å². The number of nitrogens with one attached hydrogen (secondary N) is 1. The van der Waals surface area contributed by atoms with Crippen molar-refractivity contribution in [3.05, 3.63) is 34.9 Å². The maximum atomic E-state index is 6.11. The lowest BCUT2D eigenvalue weighted by Gasteiger charge is -2.28. The van der Waals surface area contributed by atoms with E-state index < -0.39 is 0 Å². The van der Waals surface area contributed by atoms with Gasteiger partial charge in [-0.3, -0.25) is 0 Å². The summed E-state index contributed by atoms with van der Waals surface area (Å²) in [6, 6.07) is 9.09. The van der Waals surface area contributed by atoms with Gasteiger partial charge in [0, 0.05) is 22.5 Å². The van der Waals surface area contributed by atoms with E-state index in [2.05, 4.69) is 37.4 Å². The minimum Gasteiger partial charge on any atom is -0.308 e. The SMILES string of the molecule is CC1(C)NC(C2CC2)CC1c1cccc(Cl)c1.Cl. The summed E-state index contributed by atoms with van der Waals surface area (Å²) in [5, 5.41) is 4.67. The molecular weight excluding hydrogens is 265 g/mol. The highest BCUT2D eigenvalue weighted by atomic mass is 35.5. The molecule has 1 aliphatic heterocycles. The molecule has 2 atom stereocenters. The summed E-state index contributed by atoms with van der Waals surface area (Å²) in [4.78, 5) is 0. The topological polar surface area (TPSA) is 12.0 Å². The molecule has 0 spiro atoms. The molecule has 1 nitrogen and oxygen atoms in total. The van der Waals surface area contributed by atoms with Crippen LogP contribution in [-0.4, -0.2) is 11.6 Å². The smallest absolute Gasteiger partial charge is 0.0408 e. The minimum absolute atomic E-state index is 0. The number of hydrogen-bond donors (Lipinski definition) is 1. The van der Waals surface area contributed by atoms with Gasteiger partial charge >= 0.3 is 0 Å². The van der Waals surface area contributed by atoms with Crippen molar-refractivity contribution in [2.24, 2.45) is 5.92 Å². The van der Waals surface area contributed by atoms with Gasteiger partial charge in [0.1, 0.15) is 0 Å². The van der Waals surface area contributed by atoms with Gasteiger partial charge in [-0.25, -0.2) is 0 Å². The summed E-state index contributed by atoms with van der Waals surface area (Å²) in [6.07, 6.45) is 4.09.